The number of halogens is 2. The first-order valence-corrected chi connectivity index (χ1v) is 6.70. The Morgan fingerprint density at radius 3 is 2.67 bits per heavy atom. The summed E-state index contributed by atoms with van der Waals surface area (Å²) in [6.45, 7) is 0. The normalized spacial score (nSPS) is 18.9. The average molecular weight is 328 g/mol. The van der Waals surface area contributed by atoms with Crippen LogP contribution in [0.1, 0.15) is 12.0 Å². The van der Waals surface area contributed by atoms with Gasteiger partial charge >= 0.3 is 5.97 Å². The van der Waals surface area contributed by atoms with Crippen molar-refractivity contribution >= 4 is 39.1 Å². The van der Waals surface area contributed by atoms with Crippen molar-refractivity contribution < 1.29 is 9.53 Å². The summed E-state index contributed by atoms with van der Waals surface area (Å²) in [4.78, 5) is 11.8. The zero-order chi connectivity index (χ0) is 13.1. The van der Waals surface area contributed by atoms with Crippen molar-refractivity contribution in [3.63, 3.8) is 0 Å². The molecule has 0 N–H and O–H groups in total. The molecule has 0 radical (unpaired) electrons. The molecule has 2 rings (SSSR count). The van der Waals surface area contributed by atoms with Crippen LogP contribution in [-0.4, -0.2) is 13.1 Å². The van der Waals surface area contributed by atoms with E-state index in [9.17, 15) is 4.79 Å². The number of methoxy groups -OCH3 is 1. The average Bonchev–Trinajstić information content (AvgIpc) is 2.39. The topological polar surface area (TPSA) is 26.3 Å². The molecule has 1 atom stereocenters. The van der Waals surface area contributed by atoms with Crippen molar-refractivity contribution in [3.05, 3.63) is 51.5 Å². The van der Waals surface area contributed by atoms with Crippen molar-refractivity contribution in [2.45, 2.75) is 6.42 Å². The number of ether oxygens (including phenoxy) is 1. The third-order valence-electron chi connectivity index (χ3n) is 2.88. The van der Waals surface area contributed by atoms with Gasteiger partial charge in [-0.3, -0.25) is 4.79 Å². The van der Waals surface area contributed by atoms with Crippen LogP contribution in [0.15, 0.2) is 45.9 Å². The van der Waals surface area contributed by atoms with Crippen molar-refractivity contribution in [2.24, 2.45) is 5.92 Å². The van der Waals surface area contributed by atoms with Gasteiger partial charge in [-0.05, 0) is 35.8 Å². The molecule has 4 heteroatoms. The Bertz CT molecular complexity index is 517. The summed E-state index contributed by atoms with van der Waals surface area (Å²) in [5.41, 5.74) is 1.78. The molecule has 1 aromatic carbocycles. The zero-order valence-corrected chi connectivity index (χ0v) is 12.2. The number of esters is 1. The van der Waals surface area contributed by atoms with Gasteiger partial charge in [0.2, 0.25) is 0 Å². The number of benzene rings is 1. The number of carbonyl (C=O) groups is 1. The van der Waals surface area contributed by atoms with Crippen LogP contribution in [-0.2, 0) is 9.53 Å². The Balaban J connectivity index is 2.45. The molecule has 0 aliphatic heterocycles. The lowest BCUT2D eigenvalue weighted by atomic mass is 9.86. The fraction of sp³-hybridized carbons (Fsp3) is 0.214. The largest absolute Gasteiger partial charge is 0.469 e. The first-order chi connectivity index (χ1) is 8.63. The van der Waals surface area contributed by atoms with Gasteiger partial charge in [-0.25, -0.2) is 0 Å². The smallest absolute Gasteiger partial charge is 0.313 e. The summed E-state index contributed by atoms with van der Waals surface area (Å²) in [7, 11) is 1.40. The highest BCUT2D eigenvalue weighted by atomic mass is 79.9. The maximum Gasteiger partial charge on any atom is 0.313 e. The fourth-order valence-electron chi connectivity index (χ4n) is 2.01. The van der Waals surface area contributed by atoms with Gasteiger partial charge in [0, 0.05) is 9.51 Å². The van der Waals surface area contributed by atoms with Gasteiger partial charge in [-0.1, -0.05) is 45.7 Å². The summed E-state index contributed by atoms with van der Waals surface area (Å²) in [6.07, 6.45) is 4.35. The standard InChI is InChI=1S/C14H12BrClO2/c1-18-14(17)11-3-2-4-12(16)13(11)9-5-7-10(15)8-6-9/h2,4-8,11H,3H2,1H3. The molecule has 1 aliphatic rings. The summed E-state index contributed by atoms with van der Waals surface area (Å²) >= 11 is 9.61. The van der Waals surface area contributed by atoms with E-state index in [1.165, 1.54) is 7.11 Å². The van der Waals surface area contributed by atoms with E-state index in [2.05, 4.69) is 15.9 Å². The minimum Gasteiger partial charge on any atom is -0.469 e. The molecule has 0 spiro atoms. The van der Waals surface area contributed by atoms with Crippen LogP contribution in [0.4, 0.5) is 0 Å². The first-order valence-electron chi connectivity index (χ1n) is 5.53. The molecular formula is C14H12BrClO2. The Morgan fingerprint density at radius 1 is 1.39 bits per heavy atom. The van der Waals surface area contributed by atoms with E-state index in [4.69, 9.17) is 16.3 Å². The van der Waals surface area contributed by atoms with Crippen LogP contribution in [0.5, 0.6) is 0 Å². The number of rotatable bonds is 2. The Labute approximate surface area is 119 Å². The molecule has 0 amide bonds. The predicted molar refractivity (Wildman–Crippen MR) is 76.2 cm³/mol. The van der Waals surface area contributed by atoms with Gasteiger partial charge in [0.05, 0.1) is 13.0 Å². The molecule has 0 fully saturated rings. The van der Waals surface area contributed by atoms with Crippen LogP contribution in [0.25, 0.3) is 5.57 Å². The summed E-state index contributed by atoms with van der Waals surface area (Å²) < 4.78 is 5.83. The van der Waals surface area contributed by atoms with Gasteiger partial charge in [0.15, 0.2) is 0 Å². The summed E-state index contributed by atoms with van der Waals surface area (Å²) in [5, 5.41) is 0.596. The third kappa shape index (κ3) is 2.68. The lowest BCUT2D eigenvalue weighted by Crippen LogP contribution is -2.19. The lowest BCUT2D eigenvalue weighted by Gasteiger charge is -2.21. The summed E-state index contributed by atoms with van der Waals surface area (Å²) in [6, 6.07) is 7.74. The van der Waals surface area contributed by atoms with Crippen LogP contribution < -0.4 is 0 Å². The predicted octanol–water partition coefficient (Wildman–Crippen LogP) is 4.15. The van der Waals surface area contributed by atoms with E-state index >= 15 is 0 Å². The minimum absolute atomic E-state index is 0.254. The molecule has 1 aliphatic carbocycles. The van der Waals surface area contributed by atoms with Gasteiger partial charge in [-0.2, -0.15) is 0 Å². The molecule has 2 nitrogen and oxygen atoms in total. The van der Waals surface area contributed by atoms with Crippen molar-refractivity contribution in [2.75, 3.05) is 7.11 Å². The van der Waals surface area contributed by atoms with Gasteiger partial charge < -0.3 is 4.74 Å². The van der Waals surface area contributed by atoms with E-state index in [-0.39, 0.29) is 11.9 Å². The third-order valence-corrected chi connectivity index (χ3v) is 3.74. The maximum atomic E-state index is 11.8. The van der Waals surface area contributed by atoms with Gasteiger partial charge in [-0.15, -0.1) is 0 Å². The zero-order valence-electron chi connectivity index (χ0n) is 9.82. The molecule has 0 bridgehead atoms. The van der Waals surface area contributed by atoms with Crippen molar-refractivity contribution in [1.82, 2.24) is 0 Å². The van der Waals surface area contributed by atoms with Gasteiger partial charge in [0.1, 0.15) is 0 Å². The number of allylic oxidation sites excluding steroid dienone is 3. The second-order valence-corrected chi connectivity index (χ2v) is 5.31. The SMILES string of the molecule is COC(=O)C1CC=CC(Cl)=C1c1ccc(Br)cc1. The summed E-state index contributed by atoms with van der Waals surface area (Å²) in [5.74, 6) is -0.580. The first kappa shape index (κ1) is 13.4. The second kappa shape index (κ2) is 5.72. The molecule has 0 saturated heterocycles. The highest BCUT2D eigenvalue weighted by Crippen LogP contribution is 2.36. The lowest BCUT2D eigenvalue weighted by molar-refractivity contribution is -0.143. The highest BCUT2D eigenvalue weighted by molar-refractivity contribution is 9.10. The van der Waals surface area contributed by atoms with Crippen LogP contribution in [0.3, 0.4) is 0 Å². The minimum atomic E-state index is -0.325. The monoisotopic (exact) mass is 326 g/mol. The van der Waals surface area contributed by atoms with Gasteiger partial charge in [0.25, 0.3) is 0 Å². The van der Waals surface area contributed by atoms with Crippen LogP contribution in [0.2, 0.25) is 0 Å². The quantitative estimate of drug-likeness (QED) is 0.763. The molecule has 1 unspecified atom stereocenters. The van der Waals surface area contributed by atoms with E-state index in [1.807, 2.05) is 36.4 Å². The molecular weight excluding hydrogens is 316 g/mol. The Kier molecular flexibility index (Phi) is 4.25. The van der Waals surface area contributed by atoms with Crippen molar-refractivity contribution in [1.29, 1.82) is 0 Å². The highest BCUT2D eigenvalue weighted by Gasteiger charge is 2.27. The van der Waals surface area contributed by atoms with E-state index < -0.39 is 0 Å². The molecule has 94 valence electrons. The van der Waals surface area contributed by atoms with E-state index in [0.29, 0.717) is 11.5 Å². The van der Waals surface area contributed by atoms with Crippen LogP contribution in [0, 0.1) is 5.92 Å². The molecule has 18 heavy (non-hydrogen) atoms. The number of hydrogen-bond donors (Lipinski definition) is 0. The van der Waals surface area contributed by atoms with E-state index in [0.717, 1.165) is 15.6 Å². The van der Waals surface area contributed by atoms with E-state index in [1.54, 1.807) is 0 Å². The fourth-order valence-corrected chi connectivity index (χ4v) is 2.60. The molecule has 0 aromatic heterocycles. The molecule has 0 heterocycles. The Morgan fingerprint density at radius 2 is 2.06 bits per heavy atom. The molecule has 0 saturated carbocycles. The Hall–Kier alpha value is -1.06. The molecule has 1 aromatic rings. The van der Waals surface area contributed by atoms with Crippen LogP contribution >= 0.6 is 27.5 Å². The van der Waals surface area contributed by atoms with Crippen molar-refractivity contribution in [3.8, 4) is 0 Å². The maximum absolute atomic E-state index is 11.8. The number of carbonyl (C=O) groups excluding carboxylic acids is 1. The number of hydrogen-bond acceptors (Lipinski definition) is 2. The second-order valence-electron chi connectivity index (χ2n) is 3.98.